The summed E-state index contributed by atoms with van der Waals surface area (Å²) in [5, 5.41) is 1.99. The topological polar surface area (TPSA) is 77.5 Å². The Bertz CT molecular complexity index is 1280. The number of methoxy groups -OCH3 is 1. The van der Waals surface area contributed by atoms with Gasteiger partial charge in [0, 0.05) is 30.6 Å². The number of nitrogens with zero attached hydrogens (tertiary/aromatic N) is 2. The van der Waals surface area contributed by atoms with E-state index in [4.69, 9.17) is 18.9 Å². The Balaban J connectivity index is 1.34. The van der Waals surface area contributed by atoms with Crippen molar-refractivity contribution in [1.82, 2.24) is 9.80 Å². The number of rotatable bonds is 9. The molecule has 0 aliphatic carbocycles. The van der Waals surface area contributed by atoms with Gasteiger partial charge in [-0.2, -0.15) is 0 Å². The molecule has 1 aromatic heterocycles. The molecule has 3 aromatic rings. The van der Waals surface area contributed by atoms with Crippen LogP contribution in [0.4, 0.5) is 4.39 Å². The van der Waals surface area contributed by atoms with Gasteiger partial charge in [-0.05, 0) is 53.8 Å². The number of fused-ring (bicyclic) bond motifs is 2. The van der Waals surface area contributed by atoms with Crippen LogP contribution >= 0.6 is 11.3 Å². The summed E-state index contributed by atoms with van der Waals surface area (Å²) in [7, 11) is 1.55. The summed E-state index contributed by atoms with van der Waals surface area (Å²) in [6.45, 7) is 1.07. The lowest BCUT2D eigenvalue weighted by Crippen LogP contribution is -2.48. The third-order valence-corrected chi connectivity index (χ3v) is 7.44. The van der Waals surface area contributed by atoms with E-state index in [0.29, 0.717) is 30.0 Å². The molecule has 2 amide bonds. The number of benzene rings is 2. The quantitative estimate of drug-likeness (QED) is 0.421. The Kier molecular flexibility index (Phi) is 7.57. The minimum absolute atomic E-state index is 0.102. The highest BCUT2D eigenvalue weighted by Crippen LogP contribution is 2.35. The van der Waals surface area contributed by atoms with Gasteiger partial charge in [0.2, 0.25) is 12.7 Å². The number of carbonyl (C=O) groups is 2. The molecule has 5 rings (SSSR count). The Morgan fingerprint density at radius 1 is 1.16 bits per heavy atom. The molecule has 194 valence electrons. The number of hydrogen-bond acceptors (Lipinski definition) is 7. The standard InChI is InChI=1S/C27H27FN2O6S/c1-33-12-11-29(27(32)18-6-7-23-24(14-18)36-17-35-23)15-26(31)30-10-8-25-19(9-13-37-25)21(30)16-34-22-5-3-2-4-20(22)28/h2-7,9,13-14,21H,8,10-12,15-17H2,1H3/t21-/m0/s1. The minimum atomic E-state index is -0.457. The predicted octanol–water partition coefficient (Wildman–Crippen LogP) is 3.91. The van der Waals surface area contributed by atoms with E-state index < -0.39 is 11.9 Å². The molecule has 0 spiro atoms. The lowest BCUT2D eigenvalue weighted by molar-refractivity contribution is -0.135. The molecule has 0 bridgehead atoms. The molecule has 2 aliphatic rings. The van der Waals surface area contributed by atoms with Crippen LogP contribution in [0.15, 0.2) is 53.9 Å². The Labute approximate surface area is 218 Å². The second kappa shape index (κ2) is 11.2. The first-order valence-electron chi connectivity index (χ1n) is 12.0. The normalized spacial score (nSPS) is 15.8. The smallest absolute Gasteiger partial charge is 0.254 e. The first kappa shape index (κ1) is 25.0. The van der Waals surface area contributed by atoms with Crippen molar-refractivity contribution in [2.45, 2.75) is 12.5 Å². The fourth-order valence-corrected chi connectivity index (χ4v) is 5.45. The van der Waals surface area contributed by atoms with Crippen molar-refractivity contribution < 1.29 is 32.9 Å². The van der Waals surface area contributed by atoms with Crippen LogP contribution in [0.1, 0.15) is 26.8 Å². The second-order valence-electron chi connectivity index (χ2n) is 8.68. The monoisotopic (exact) mass is 526 g/mol. The van der Waals surface area contributed by atoms with E-state index in [1.165, 1.54) is 15.8 Å². The van der Waals surface area contributed by atoms with Crippen LogP contribution in [-0.4, -0.2) is 68.4 Å². The average Bonchev–Trinajstić information content (AvgIpc) is 3.59. The molecule has 3 heterocycles. The molecule has 0 saturated carbocycles. The molecular weight excluding hydrogens is 499 g/mol. The van der Waals surface area contributed by atoms with Gasteiger partial charge in [-0.15, -0.1) is 11.3 Å². The number of hydrogen-bond donors (Lipinski definition) is 0. The van der Waals surface area contributed by atoms with E-state index in [-0.39, 0.29) is 50.7 Å². The van der Waals surface area contributed by atoms with E-state index in [1.54, 1.807) is 59.7 Å². The zero-order chi connectivity index (χ0) is 25.8. The SMILES string of the molecule is COCCN(CC(=O)N1CCc2sccc2[C@@H]1COc1ccccc1F)C(=O)c1ccc2c(c1)OCO2. The number of ether oxygens (including phenoxy) is 4. The van der Waals surface area contributed by atoms with Gasteiger partial charge in [0.25, 0.3) is 5.91 Å². The van der Waals surface area contributed by atoms with Gasteiger partial charge in [-0.1, -0.05) is 12.1 Å². The second-order valence-corrected chi connectivity index (χ2v) is 9.68. The van der Waals surface area contributed by atoms with Gasteiger partial charge in [-0.25, -0.2) is 4.39 Å². The maximum atomic E-state index is 14.2. The van der Waals surface area contributed by atoms with E-state index >= 15 is 0 Å². The van der Waals surface area contributed by atoms with Crippen molar-refractivity contribution in [3.63, 3.8) is 0 Å². The Morgan fingerprint density at radius 2 is 2.00 bits per heavy atom. The van der Waals surface area contributed by atoms with Gasteiger partial charge in [0.1, 0.15) is 13.2 Å². The first-order chi connectivity index (χ1) is 18.0. The molecule has 0 fully saturated rings. The molecule has 0 unspecified atom stereocenters. The summed E-state index contributed by atoms with van der Waals surface area (Å²) in [6.07, 6.45) is 0.711. The lowest BCUT2D eigenvalue weighted by Gasteiger charge is -2.37. The number of carbonyl (C=O) groups excluding carboxylic acids is 2. The zero-order valence-corrected chi connectivity index (χ0v) is 21.2. The summed E-state index contributed by atoms with van der Waals surface area (Å²) in [5.74, 6) is 0.225. The van der Waals surface area contributed by atoms with E-state index in [9.17, 15) is 14.0 Å². The van der Waals surface area contributed by atoms with E-state index in [1.807, 2.05) is 11.4 Å². The third-order valence-electron chi connectivity index (χ3n) is 6.45. The summed E-state index contributed by atoms with van der Waals surface area (Å²) < 4.78 is 35.9. The highest BCUT2D eigenvalue weighted by molar-refractivity contribution is 7.10. The van der Waals surface area contributed by atoms with Crippen molar-refractivity contribution >= 4 is 23.2 Å². The summed E-state index contributed by atoms with van der Waals surface area (Å²) in [5.41, 5.74) is 1.39. The van der Waals surface area contributed by atoms with E-state index in [2.05, 4.69) is 0 Å². The van der Waals surface area contributed by atoms with Gasteiger partial charge in [0.15, 0.2) is 23.1 Å². The van der Waals surface area contributed by atoms with Crippen LogP contribution in [0, 0.1) is 5.82 Å². The highest BCUT2D eigenvalue weighted by atomic mass is 32.1. The molecule has 8 nitrogen and oxygen atoms in total. The number of amides is 2. The van der Waals surface area contributed by atoms with Crippen LogP contribution in [0.25, 0.3) is 0 Å². The van der Waals surface area contributed by atoms with Gasteiger partial charge in [-0.3, -0.25) is 9.59 Å². The maximum Gasteiger partial charge on any atom is 0.254 e. The largest absolute Gasteiger partial charge is 0.488 e. The molecule has 2 aromatic carbocycles. The van der Waals surface area contributed by atoms with Crippen LogP contribution in [0.3, 0.4) is 0 Å². The van der Waals surface area contributed by atoms with Gasteiger partial charge >= 0.3 is 0 Å². The molecule has 0 radical (unpaired) electrons. The molecule has 2 aliphatic heterocycles. The van der Waals surface area contributed by atoms with Gasteiger partial charge < -0.3 is 28.7 Å². The number of thiophene rings is 1. The third kappa shape index (κ3) is 5.40. The van der Waals surface area contributed by atoms with Crippen LogP contribution in [-0.2, 0) is 16.0 Å². The Morgan fingerprint density at radius 3 is 2.84 bits per heavy atom. The Hall–Kier alpha value is -3.63. The van der Waals surface area contributed by atoms with Gasteiger partial charge in [0.05, 0.1) is 12.6 Å². The minimum Gasteiger partial charge on any atom is -0.488 e. The van der Waals surface area contributed by atoms with Crippen LogP contribution < -0.4 is 14.2 Å². The fourth-order valence-electron chi connectivity index (χ4n) is 4.53. The van der Waals surface area contributed by atoms with Crippen molar-refractivity contribution in [1.29, 1.82) is 0 Å². The lowest BCUT2D eigenvalue weighted by atomic mass is 10.0. The number of halogens is 1. The molecule has 1 atom stereocenters. The summed E-state index contributed by atoms with van der Waals surface area (Å²) >= 11 is 1.63. The van der Waals surface area contributed by atoms with Crippen molar-refractivity contribution in [2.24, 2.45) is 0 Å². The molecule has 10 heteroatoms. The zero-order valence-electron chi connectivity index (χ0n) is 20.4. The predicted molar refractivity (Wildman–Crippen MR) is 135 cm³/mol. The van der Waals surface area contributed by atoms with E-state index in [0.717, 1.165) is 5.56 Å². The van der Waals surface area contributed by atoms with Crippen molar-refractivity contribution in [2.75, 3.05) is 46.8 Å². The molecular formula is C27H27FN2O6S. The molecule has 0 saturated heterocycles. The molecule has 0 N–H and O–H groups in total. The van der Waals surface area contributed by atoms with Crippen molar-refractivity contribution in [3.8, 4) is 17.2 Å². The van der Waals surface area contributed by atoms with Crippen LogP contribution in [0.2, 0.25) is 0 Å². The fraction of sp³-hybridized carbons (Fsp3) is 0.333. The average molecular weight is 527 g/mol. The molecule has 37 heavy (non-hydrogen) atoms. The highest BCUT2D eigenvalue weighted by Gasteiger charge is 2.34. The van der Waals surface area contributed by atoms with Crippen molar-refractivity contribution in [3.05, 3.63) is 75.7 Å². The first-order valence-corrected chi connectivity index (χ1v) is 12.8. The number of para-hydroxylation sites is 1. The maximum absolute atomic E-state index is 14.2. The van der Waals surface area contributed by atoms with Crippen LogP contribution in [0.5, 0.6) is 17.2 Å². The summed E-state index contributed by atoms with van der Waals surface area (Å²) in [4.78, 5) is 31.4. The summed E-state index contributed by atoms with van der Waals surface area (Å²) in [6, 6.07) is 12.8.